The molecule has 0 unspecified atom stereocenters. The molecule has 2 N–H and O–H groups in total. The highest BCUT2D eigenvalue weighted by molar-refractivity contribution is 6.33. The zero-order valence-electron chi connectivity index (χ0n) is 7.72. The summed E-state index contributed by atoms with van der Waals surface area (Å²) in [6.45, 7) is 0.960. The predicted octanol–water partition coefficient (Wildman–Crippen LogP) is 0.614. The molecule has 0 radical (unpaired) electrons. The summed E-state index contributed by atoms with van der Waals surface area (Å²) in [5.41, 5.74) is -0.157. The predicted molar refractivity (Wildman–Crippen MR) is 54.4 cm³/mol. The summed E-state index contributed by atoms with van der Waals surface area (Å²) in [7, 11) is 0. The fraction of sp³-hybridized carbons (Fsp3) is 0.333. The molecule has 0 aromatic carbocycles. The minimum Gasteiger partial charge on any atom is -0.476 e. The van der Waals surface area contributed by atoms with Crippen LogP contribution in [0.4, 0.5) is 5.82 Å². The number of hydrogen-bond donors (Lipinski definition) is 2. The van der Waals surface area contributed by atoms with Gasteiger partial charge in [-0.3, -0.25) is 0 Å². The number of rotatable bonds is 2. The van der Waals surface area contributed by atoms with E-state index in [9.17, 15) is 4.79 Å². The molecule has 0 amide bonds. The largest absolute Gasteiger partial charge is 0.476 e. The van der Waals surface area contributed by atoms with Crippen LogP contribution in [0.15, 0.2) is 12.1 Å². The Labute approximate surface area is 90.9 Å². The Morgan fingerprint density at radius 1 is 1.53 bits per heavy atom. The summed E-state index contributed by atoms with van der Waals surface area (Å²) in [6.07, 6.45) is -0.351. The maximum absolute atomic E-state index is 10.8. The number of carboxylic acids is 1. The number of pyridine rings is 1. The van der Waals surface area contributed by atoms with Crippen molar-refractivity contribution in [3.8, 4) is 0 Å². The Morgan fingerprint density at radius 2 is 2.20 bits per heavy atom. The lowest BCUT2D eigenvalue weighted by atomic mass is 10.1. The second-order valence-electron chi connectivity index (χ2n) is 3.36. The molecule has 1 fully saturated rings. The first-order chi connectivity index (χ1) is 7.08. The van der Waals surface area contributed by atoms with E-state index in [0.29, 0.717) is 18.9 Å². The van der Waals surface area contributed by atoms with Crippen molar-refractivity contribution < 1.29 is 15.0 Å². The lowest BCUT2D eigenvalue weighted by Crippen LogP contribution is -2.51. The molecule has 1 aromatic rings. The van der Waals surface area contributed by atoms with Crippen LogP contribution in [-0.2, 0) is 0 Å². The zero-order valence-corrected chi connectivity index (χ0v) is 8.48. The molecule has 1 aliphatic heterocycles. The van der Waals surface area contributed by atoms with Crippen molar-refractivity contribution in [1.82, 2.24) is 4.98 Å². The van der Waals surface area contributed by atoms with Gasteiger partial charge in [-0.2, -0.15) is 0 Å². The van der Waals surface area contributed by atoms with Crippen LogP contribution >= 0.6 is 11.6 Å². The molecule has 15 heavy (non-hydrogen) atoms. The fourth-order valence-corrected chi connectivity index (χ4v) is 1.59. The maximum Gasteiger partial charge on any atom is 0.356 e. The van der Waals surface area contributed by atoms with Crippen LogP contribution in [0.2, 0.25) is 5.02 Å². The van der Waals surface area contributed by atoms with Crippen LogP contribution in [0.3, 0.4) is 0 Å². The second kappa shape index (κ2) is 3.67. The number of halogens is 1. The third-order valence-corrected chi connectivity index (χ3v) is 2.53. The standard InChI is InChI=1S/C9H9ClN2O3/c10-6-1-2-7(11-8(6)9(14)15)12-3-5(13)4-12/h1-2,5,13H,3-4H2,(H,14,15). The number of carboxylic acid groups (broad SMARTS) is 1. The average molecular weight is 229 g/mol. The molecule has 1 aromatic heterocycles. The van der Waals surface area contributed by atoms with Crippen molar-refractivity contribution in [2.75, 3.05) is 18.0 Å². The van der Waals surface area contributed by atoms with Gasteiger partial charge in [0.25, 0.3) is 0 Å². The van der Waals surface area contributed by atoms with Gasteiger partial charge in [-0.1, -0.05) is 11.6 Å². The first kappa shape index (κ1) is 10.2. The van der Waals surface area contributed by atoms with Gasteiger partial charge >= 0.3 is 5.97 Å². The molecule has 80 valence electrons. The van der Waals surface area contributed by atoms with Crippen LogP contribution in [-0.4, -0.2) is 40.4 Å². The Bertz CT molecular complexity index is 404. The van der Waals surface area contributed by atoms with Crippen molar-refractivity contribution >= 4 is 23.4 Å². The van der Waals surface area contributed by atoms with Crippen molar-refractivity contribution in [1.29, 1.82) is 0 Å². The summed E-state index contributed by atoms with van der Waals surface area (Å²) >= 11 is 5.67. The molecule has 2 heterocycles. The van der Waals surface area contributed by atoms with E-state index in [-0.39, 0.29) is 16.8 Å². The first-order valence-electron chi connectivity index (χ1n) is 4.41. The average Bonchev–Trinajstić information content (AvgIpc) is 2.14. The van der Waals surface area contributed by atoms with Gasteiger partial charge in [-0.05, 0) is 12.1 Å². The number of nitrogens with zero attached hydrogens (tertiary/aromatic N) is 2. The van der Waals surface area contributed by atoms with Gasteiger partial charge in [0.1, 0.15) is 5.82 Å². The van der Waals surface area contributed by atoms with E-state index in [4.69, 9.17) is 21.8 Å². The Morgan fingerprint density at radius 3 is 2.73 bits per heavy atom. The maximum atomic E-state index is 10.8. The van der Waals surface area contributed by atoms with Crippen molar-refractivity contribution in [3.05, 3.63) is 22.8 Å². The van der Waals surface area contributed by atoms with Gasteiger partial charge in [-0.15, -0.1) is 0 Å². The topological polar surface area (TPSA) is 73.7 Å². The van der Waals surface area contributed by atoms with Gasteiger partial charge in [-0.25, -0.2) is 9.78 Å². The highest BCUT2D eigenvalue weighted by Gasteiger charge is 2.26. The van der Waals surface area contributed by atoms with Crippen LogP contribution < -0.4 is 4.90 Å². The van der Waals surface area contributed by atoms with E-state index < -0.39 is 5.97 Å². The van der Waals surface area contributed by atoms with Crippen LogP contribution in [0, 0.1) is 0 Å². The molecule has 6 heteroatoms. The third kappa shape index (κ3) is 1.88. The summed E-state index contributed by atoms with van der Waals surface area (Å²) in [5.74, 6) is -0.620. The van der Waals surface area contributed by atoms with E-state index in [0.717, 1.165) is 0 Å². The number of aromatic carboxylic acids is 1. The number of anilines is 1. The summed E-state index contributed by atoms with van der Waals surface area (Å²) in [5, 5.41) is 18.0. The zero-order chi connectivity index (χ0) is 11.0. The number of carbonyl (C=O) groups is 1. The van der Waals surface area contributed by atoms with Crippen molar-refractivity contribution in [3.63, 3.8) is 0 Å². The third-order valence-electron chi connectivity index (χ3n) is 2.22. The molecule has 0 saturated carbocycles. The summed E-state index contributed by atoms with van der Waals surface area (Å²) in [4.78, 5) is 16.4. The minimum atomic E-state index is -1.15. The van der Waals surface area contributed by atoms with Gasteiger partial charge in [0.2, 0.25) is 0 Å². The molecule has 0 bridgehead atoms. The summed E-state index contributed by atoms with van der Waals surface area (Å²) in [6, 6.07) is 3.14. The SMILES string of the molecule is O=C(O)c1nc(N2CC(O)C2)ccc1Cl. The van der Waals surface area contributed by atoms with Gasteiger partial charge in [0, 0.05) is 13.1 Å². The van der Waals surface area contributed by atoms with Gasteiger partial charge in [0.15, 0.2) is 5.69 Å². The second-order valence-corrected chi connectivity index (χ2v) is 3.77. The van der Waals surface area contributed by atoms with Gasteiger partial charge in [0.05, 0.1) is 11.1 Å². The molecule has 0 aliphatic carbocycles. The Balaban J connectivity index is 2.27. The van der Waals surface area contributed by atoms with Crippen molar-refractivity contribution in [2.45, 2.75) is 6.10 Å². The van der Waals surface area contributed by atoms with Crippen molar-refractivity contribution in [2.24, 2.45) is 0 Å². The number of β-amino-alcohol motifs (C(OH)–C–C–N with tert-alkyl or cyclic N) is 1. The van der Waals surface area contributed by atoms with E-state index in [1.165, 1.54) is 6.07 Å². The number of aromatic nitrogens is 1. The highest BCUT2D eigenvalue weighted by atomic mass is 35.5. The molecule has 1 saturated heterocycles. The van der Waals surface area contributed by atoms with Crippen LogP contribution in [0.25, 0.3) is 0 Å². The molecule has 0 spiro atoms. The normalized spacial score (nSPS) is 16.3. The van der Waals surface area contributed by atoms with Crippen LogP contribution in [0.1, 0.15) is 10.5 Å². The van der Waals surface area contributed by atoms with E-state index in [2.05, 4.69) is 4.98 Å². The van der Waals surface area contributed by atoms with Gasteiger partial charge < -0.3 is 15.1 Å². The first-order valence-corrected chi connectivity index (χ1v) is 4.78. The smallest absolute Gasteiger partial charge is 0.356 e. The minimum absolute atomic E-state index is 0.118. The number of hydrogen-bond acceptors (Lipinski definition) is 4. The molecular formula is C9H9ClN2O3. The van der Waals surface area contributed by atoms with Crippen LogP contribution in [0.5, 0.6) is 0 Å². The summed E-state index contributed by atoms with van der Waals surface area (Å²) < 4.78 is 0. The molecule has 1 aliphatic rings. The molecular weight excluding hydrogens is 220 g/mol. The van der Waals surface area contributed by atoms with E-state index in [1.54, 1.807) is 11.0 Å². The quantitative estimate of drug-likeness (QED) is 0.776. The molecule has 5 nitrogen and oxygen atoms in total. The Kier molecular flexibility index (Phi) is 2.50. The molecule has 2 rings (SSSR count). The number of aliphatic hydroxyl groups is 1. The highest BCUT2D eigenvalue weighted by Crippen LogP contribution is 2.22. The lowest BCUT2D eigenvalue weighted by molar-refractivity contribution is 0.0690. The monoisotopic (exact) mass is 228 g/mol. The lowest BCUT2D eigenvalue weighted by Gasteiger charge is -2.36. The molecule has 0 atom stereocenters. The number of aliphatic hydroxyl groups excluding tert-OH is 1. The Hall–Kier alpha value is -1.33. The van der Waals surface area contributed by atoms with E-state index in [1.807, 2.05) is 0 Å². The van der Waals surface area contributed by atoms with E-state index >= 15 is 0 Å². The fourth-order valence-electron chi connectivity index (χ4n) is 1.40.